The summed E-state index contributed by atoms with van der Waals surface area (Å²) in [5, 5.41) is 3.15. The molecule has 0 saturated carbocycles. The highest BCUT2D eigenvalue weighted by atomic mass is 32.2. The van der Waals surface area contributed by atoms with Crippen molar-refractivity contribution in [3.63, 3.8) is 0 Å². The van der Waals surface area contributed by atoms with Gasteiger partial charge in [-0.3, -0.25) is 4.21 Å². The van der Waals surface area contributed by atoms with Crippen LogP contribution >= 0.6 is 0 Å². The zero-order valence-corrected chi connectivity index (χ0v) is 9.02. The lowest BCUT2D eigenvalue weighted by Gasteiger charge is -2.10. The molecule has 1 aromatic rings. The Bertz CT molecular complexity index is 294. The molecule has 0 spiro atoms. The van der Waals surface area contributed by atoms with E-state index in [0.717, 1.165) is 4.90 Å². The van der Waals surface area contributed by atoms with E-state index >= 15 is 0 Å². The molecule has 0 aromatic heterocycles. The summed E-state index contributed by atoms with van der Waals surface area (Å²) in [5.41, 5.74) is 1.22. The topological polar surface area (TPSA) is 29.1 Å². The molecule has 1 aromatic carbocycles. The third-order valence-electron chi connectivity index (χ3n) is 2.15. The summed E-state index contributed by atoms with van der Waals surface area (Å²) in [5.74, 6) is 0. The van der Waals surface area contributed by atoms with E-state index < -0.39 is 10.8 Å². The minimum atomic E-state index is -0.873. The molecule has 0 heterocycles. The second kappa shape index (κ2) is 4.53. The van der Waals surface area contributed by atoms with E-state index in [0.29, 0.717) is 6.04 Å². The molecule has 1 N–H and O–H groups in total. The van der Waals surface area contributed by atoms with Crippen molar-refractivity contribution in [2.75, 3.05) is 13.3 Å². The standard InChI is InChI=1S/C10H15NOS/c1-8(11-2)9-4-6-10(7-5-9)13(3)12/h4-8,11H,1-3H3/t8-,13-/m1/s1. The highest BCUT2D eigenvalue weighted by molar-refractivity contribution is 7.84. The number of rotatable bonds is 3. The van der Waals surface area contributed by atoms with Crippen LogP contribution in [0.1, 0.15) is 18.5 Å². The van der Waals surface area contributed by atoms with E-state index in [1.165, 1.54) is 5.56 Å². The number of nitrogens with one attached hydrogen (secondary N) is 1. The fourth-order valence-electron chi connectivity index (χ4n) is 1.11. The molecule has 0 radical (unpaired) electrons. The van der Waals surface area contributed by atoms with Crippen molar-refractivity contribution in [1.82, 2.24) is 5.32 Å². The van der Waals surface area contributed by atoms with Crippen LogP contribution in [0.4, 0.5) is 0 Å². The van der Waals surface area contributed by atoms with Crippen molar-refractivity contribution >= 4 is 10.8 Å². The maximum absolute atomic E-state index is 11.1. The van der Waals surface area contributed by atoms with E-state index in [1.54, 1.807) is 6.26 Å². The van der Waals surface area contributed by atoms with Crippen LogP contribution < -0.4 is 5.32 Å². The Morgan fingerprint density at radius 1 is 1.31 bits per heavy atom. The predicted molar refractivity (Wildman–Crippen MR) is 56.2 cm³/mol. The van der Waals surface area contributed by atoms with Gasteiger partial charge in [0.25, 0.3) is 0 Å². The molecule has 2 atom stereocenters. The summed E-state index contributed by atoms with van der Waals surface area (Å²) < 4.78 is 11.1. The lowest BCUT2D eigenvalue weighted by Crippen LogP contribution is -2.12. The number of benzene rings is 1. The first-order valence-corrected chi connectivity index (χ1v) is 5.81. The van der Waals surface area contributed by atoms with Gasteiger partial charge in [0.1, 0.15) is 0 Å². The molecule has 0 unspecified atom stereocenters. The Balaban J connectivity index is 2.87. The van der Waals surface area contributed by atoms with Crippen molar-refractivity contribution in [3.8, 4) is 0 Å². The summed E-state index contributed by atoms with van der Waals surface area (Å²) in [4.78, 5) is 0.882. The zero-order valence-electron chi connectivity index (χ0n) is 8.20. The summed E-state index contributed by atoms with van der Waals surface area (Å²) in [6.07, 6.45) is 1.69. The second-order valence-electron chi connectivity index (χ2n) is 3.03. The first-order chi connectivity index (χ1) is 6.15. The van der Waals surface area contributed by atoms with E-state index in [-0.39, 0.29) is 0 Å². The van der Waals surface area contributed by atoms with Gasteiger partial charge in [-0.05, 0) is 31.7 Å². The largest absolute Gasteiger partial charge is 0.313 e. The van der Waals surface area contributed by atoms with Gasteiger partial charge >= 0.3 is 0 Å². The molecule has 0 amide bonds. The molecule has 13 heavy (non-hydrogen) atoms. The van der Waals surface area contributed by atoms with Gasteiger partial charge in [-0.1, -0.05) is 12.1 Å². The SMILES string of the molecule is CN[C@H](C)c1ccc([S@@](C)=O)cc1. The number of hydrogen-bond acceptors (Lipinski definition) is 2. The Morgan fingerprint density at radius 2 is 1.85 bits per heavy atom. The maximum Gasteiger partial charge on any atom is 0.0498 e. The van der Waals surface area contributed by atoms with Crippen LogP contribution in [0.5, 0.6) is 0 Å². The lowest BCUT2D eigenvalue weighted by atomic mass is 10.1. The van der Waals surface area contributed by atoms with Crippen molar-refractivity contribution < 1.29 is 4.21 Å². The molecule has 0 saturated heterocycles. The monoisotopic (exact) mass is 197 g/mol. The Kier molecular flexibility index (Phi) is 3.63. The van der Waals surface area contributed by atoms with Crippen molar-refractivity contribution in [2.24, 2.45) is 0 Å². The van der Waals surface area contributed by atoms with Gasteiger partial charge < -0.3 is 5.32 Å². The molecule has 0 fully saturated rings. The third-order valence-corrected chi connectivity index (χ3v) is 3.08. The predicted octanol–water partition coefficient (Wildman–Crippen LogP) is 1.70. The average molecular weight is 197 g/mol. The van der Waals surface area contributed by atoms with Crippen molar-refractivity contribution in [3.05, 3.63) is 29.8 Å². The minimum absolute atomic E-state index is 0.347. The smallest absolute Gasteiger partial charge is 0.0498 e. The third kappa shape index (κ3) is 2.64. The highest BCUT2D eigenvalue weighted by Crippen LogP contribution is 2.13. The Labute approximate surface area is 81.8 Å². The summed E-state index contributed by atoms with van der Waals surface area (Å²) in [7, 11) is 1.05. The number of hydrogen-bond donors (Lipinski definition) is 1. The van der Waals surface area contributed by atoms with Gasteiger partial charge in [-0.15, -0.1) is 0 Å². The molecular weight excluding hydrogens is 182 g/mol. The van der Waals surface area contributed by atoms with E-state index in [2.05, 4.69) is 12.2 Å². The zero-order chi connectivity index (χ0) is 9.84. The summed E-state index contributed by atoms with van der Waals surface area (Å²) in [6.45, 7) is 2.10. The maximum atomic E-state index is 11.1. The molecule has 0 aliphatic rings. The molecule has 0 aliphatic carbocycles. The molecule has 72 valence electrons. The van der Waals surface area contributed by atoms with Crippen molar-refractivity contribution in [2.45, 2.75) is 17.9 Å². The van der Waals surface area contributed by atoms with Crippen LogP contribution in [0.25, 0.3) is 0 Å². The molecular formula is C10H15NOS. The van der Waals surface area contributed by atoms with E-state index in [4.69, 9.17) is 0 Å². The van der Waals surface area contributed by atoms with Gasteiger partial charge in [0, 0.05) is 28.0 Å². The van der Waals surface area contributed by atoms with Gasteiger partial charge in [-0.25, -0.2) is 0 Å². The van der Waals surface area contributed by atoms with Gasteiger partial charge in [0.2, 0.25) is 0 Å². The lowest BCUT2D eigenvalue weighted by molar-refractivity contribution is 0.651. The van der Waals surface area contributed by atoms with Crippen molar-refractivity contribution in [1.29, 1.82) is 0 Å². The summed E-state index contributed by atoms with van der Waals surface area (Å²) >= 11 is 0. The van der Waals surface area contributed by atoms with Crippen LogP contribution in [0.2, 0.25) is 0 Å². The van der Waals surface area contributed by atoms with Crippen LogP contribution in [-0.4, -0.2) is 17.5 Å². The normalized spacial score (nSPS) is 15.3. The quantitative estimate of drug-likeness (QED) is 0.799. The molecule has 1 rings (SSSR count). The van der Waals surface area contributed by atoms with E-state index in [9.17, 15) is 4.21 Å². The second-order valence-corrected chi connectivity index (χ2v) is 4.41. The van der Waals surface area contributed by atoms with Gasteiger partial charge in [-0.2, -0.15) is 0 Å². The molecule has 0 aliphatic heterocycles. The first-order valence-electron chi connectivity index (χ1n) is 4.26. The average Bonchev–Trinajstić information content (AvgIpc) is 2.17. The minimum Gasteiger partial charge on any atom is -0.313 e. The molecule has 2 nitrogen and oxygen atoms in total. The van der Waals surface area contributed by atoms with Crippen LogP contribution in [0.15, 0.2) is 29.2 Å². The Hall–Kier alpha value is -0.670. The Morgan fingerprint density at radius 3 is 2.23 bits per heavy atom. The summed E-state index contributed by atoms with van der Waals surface area (Å²) in [6, 6.07) is 8.20. The molecule has 0 bridgehead atoms. The highest BCUT2D eigenvalue weighted by Gasteiger charge is 2.02. The molecule has 3 heteroatoms. The van der Waals surface area contributed by atoms with Crippen LogP contribution in [0.3, 0.4) is 0 Å². The van der Waals surface area contributed by atoms with Crippen LogP contribution in [0, 0.1) is 0 Å². The fraction of sp³-hybridized carbons (Fsp3) is 0.400. The van der Waals surface area contributed by atoms with Gasteiger partial charge in [0.05, 0.1) is 0 Å². The van der Waals surface area contributed by atoms with Gasteiger partial charge in [0.15, 0.2) is 0 Å². The first kappa shape index (κ1) is 10.4. The van der Waals surface area contributed by atoms with E-state index in [1.807, 2.05) is 31.3 Å². The van der Waals surface area contributed by atoms with Crippen LogP contribution in [-0.2, 0) is 10.8 Å². The fourth-order valence-corrected chi connectivity index (χ4v) is 1.63.